The Balaban J connectivity index is 2.34. The topological polar surface area (TPSA) is 58.4 Å². The molecule has 0 bridgehead atoms. The number of likely N-dealkylation sites (N-methyl/N-ethyl adjacent to an activating group) is 1. The fourth-order valence-electron chi connectivity index (χ4n) is 2.09. The zero-order valence-electron chi connectivity index (χ0n) is 11.6. The van der Waals surface area contributed by atoms with Crippen LogP contribution < -0.4 is 0 Å². The summed E-state index contributed by atoms with van der Waals surface area (Å²) in [7, 11) is 2.08. The van der Waals surface area contributed by atoms with E-state index in [1.54, 1.807) is 12.1 Å². The fourth-order valence-corrected chi connectivity index (χ4v) is 2.09. The highest BCUT2D eigenvalue weighted by Gasteiger charge is 2.10. The lowest BCUT2D eigenvalue weighted by Crippen LogP contribution is -2.23. The third-order valence-electron chi connectivity index (χ3n) is 3.43. The molecule has 0 saturated carbocycles. The third-order valence-corrected chi connectivity index (χ3v) is 3.43. The van der Waals surface area contributed by atoms with Gasteiger partial charge in [0.25, 0.3) is 0 Å². The molecule has 1 aromatic heterocycles. The van der Waals surface area contributed by atoms with Crippen LogP contribution in [0, 0.1) is 6.92 Å². The SMILES string of the molecule is CCN(C)CCn1c(C)nc2cc(C(=O)O)ccc21. The van der Waals surface area contributed by atoms with Crippen LogP contribution in [-0.4, -0.2) is 45.7 Å². The number of benzene rings is 1. The molecular formula is C14H19N3O2. The number of aromatic carboxylic acids is 1. The number of carboxylic acid groups (broad SMARTS) is 1. The summed E-state index contributed by atoms with van der Waals surface area (Å²) in [5, 5.41) is 8.99. The molecule has 0 spiro atoms. The molecule has 2 aromatic rings. The second-order valence-corrected chi connectivity index (χ2v) is 4.72. The van der Waals surface area contributed by atoms with Crippen molar-refractivity contribution in [3.8, 4) is 0 Å². The zero-order chi connectivity index (χ0) is 14.0. The van der Waals surface area contributed by atoms with Gasteiger partial charge in [0.1, 0.15) is 5.82 Å². The van der Waals surface area contributed by atoms with Gasteiger partial charge < -0.3 is 14.6 Å². The zero-order valence-corrected chi connectivity index (χ0v) is 11.6. The van der Waals surface area contributed by atoms with Gasteiger partial charge >= 0.3 is 5.97 Å². The van der Waals surface area contributed by atoms with E-state index in [4.69, 9.17) is 5.11 Å². The normalized spacial score (nSPS) is 11.4. The third kappa shape index (κ3) is 2.76. The first-order valence-corrected chi connectivity index (χ1v) is 6.41. The van der Waals surface area contributed by atoms with Crippen LogP contribution in [0.4, 0.5) is 0 Å². The van der Waals surface area contributed by atoms with E-state index >= 15 is 0 Å². The van der Waals surface area contributed by atoms with Gasteiger partial charge in [-0.1, -0.05) is 6.92 Å². The monoisotopic (exact) mass is 261 g/mol. The van der Waals surface area contributed by atoms with Crippen molar-refractivity contribution >= 4 is 17.0 Å². The summed E-state index contributed by atoms with van der Waals surface area (Å²) >= 11 is 0. The molecule has 2 rings (SSSR count). The number of rotatable bonds is 5. The lowest BCUT2D eigenvalue weighted by molar-refractivity contribution is 0.0697. The van der Waals surface area contributed by atoms with E-state index in [1.807, 2.05) is 13.0 Å². The second kappa shape index (κ2) is 5.40. The predicted octanol–water partition coefficient (Wildman–Crippen LogP) is 1.99. The molecule has 1 N–H and O–H groups in total. The molecule has 0 fully saturated rings. The highest BCUT2D eigenvalue weighted by molar-refractivity contribution is 5.92. The maximum atomic E-state index is 10.9. The fraction of sp³-hybridized carbons (Fsp3) is 0.429. The first kappa shape index (κ1) is 13.5. The van der Waals surface area contributed by atoms with Crippen LogP contribution in [0.15, 0.2) is 18.2 Å². The molecule has 0 atom stereocenters. The van der Waals surface area contributed by atoms with Crippen molar-refractivity contribution in [1.29, 1.82) is 0 Å². The van der Waals surface area contributed by atoms with Crippen molar-refractivity contribution < 1.29 is 9.90 Å². The highest BCUT2D eigenvalue weighted by atomic mass is 16.4. The van der Waals surface area contributed by atoms with Crippen molar-refractivity contribution in [2.75, 3.05) is 20.1 Å². The van der Waals surface area contributed by atoms with Gasteiger partial charge in [0.05, 0.1) is 16.6 Å². The van der Waals surface area contributed by atoms with Gasteiger partial charge in [-0.15, -0.1) is 0 Å². The van der Waals surface area contributed by atoms with Crippen molar-refractivity contribution in [2.45, 2.75) is 20.4 Å². The molecule has 0 unspecified atom stereocenters. The Hall–Kier alpha value is -1.88. The molecule has 0 aliphatic rings. The molecular weight excluding hydrogens is 242 g/mol. The van der Waals surface area contributed by atoms with E-state index in [-0.39, 0.29) is 5.56 Å². The summed E-state index contributed by atoms with van der Waals surface area (Å²) in [5.41, 5.74) is 2.02. The Morgan fingerprint density at radius 3 is 2.84 bits per heavy atom. The van der Waals surface area contributed by atoms with E-state index in [2.05, 4.69) is 28.4 Å². The Bertz CT molecular complexity index is 604. The van der Waals surface area contributed by atoms with Gasteiger partial charge in [0, 0.05) is 13.1 Å². The maximum Gasteiger partial charge on any atom is 0.335 e. The Morgan fingerprint density at radius 1 is 1.47 bits per heavy atom. The largest absolute Gasteiger partial charge is 0.478 e. The quantitative estimate of drug-likeness (QED) is 0.894. The molecule has 19 heavy (non-hydrogen) atoms. The highest BCUT2D eigenvalue weighted by Crippen LogP contribution is 2.17. The smallest absolute Gasteiger partial charge is 0.335 e. The number of carboxylic acids is 1. The van der Waals surface area contributed by atoms with Gasteiger partial charge in [0.15, 0.2) is 0 Å². The van der Waals surface area contributed by atoms with Gasteiger partial charge in [0.2, 0.25) is 0 Å². The molecule has 1 aromatic carbocycles. The number of aromatic nitrogens is 2. The maximum absolute atomic E-state index is 10.9. The van der Waals surface area contributed by atoms with E-state index in [0.29, 0.717) is 0 Å². The number of aryl methyl sites for hydroxylation is 1. The molecule has 5 nitrogen and oxygen atoms in total. The second-order valence-electron chi connectivity index (χ2n) is 4.72. The number of hydrogen-bond donors (Lipinski definition) is 1. The summed E-state index contributed by atoms with van der Waals surface area (Å²) in [6.45, 7) is 6.89. The van der Waals surface area contributed by atoms with Gasteiger partial charge in [-0.25, -0.2) is 9.78 Å². The van der Waals surface area contributed by atoms with E-state index < -0.39 is 5.97 Å². The van der Waals surface area contributed by atoms with Crippen molar-refractivity contribution in [2.24, 2.45) is 0 Å². The van der Waals surface area contributed by atoms with Gasteiger partial charge in [-0.2, -0.15) is 0 Å². The minimum Gasteiger partial charge on any atom is -0.478 e. The molecule has 5 heteroatoms. The number of imidazole rings is 1. The molecule has 0 aliphatic heterocycles. The van der Waals surface area contributed by atoms with Crippen LogP contribution in [0.3, 0.4) is 0 Å². The van der Waals surface area contributed by atoms with Crippen LogP contribution in [-0.2, 0) is 6.54 Å². The van der Waals surface area contributed by atoms with Crippen molar-refractivity contribution in [1.82, 2.24) is 14.5 Å². The summed E-state index contributed by atoms with van der Waals surface area (Å²) in [4.78, 5) is 17.6. The number of fused-ring (bicyclic) bond motifs is 1. The molecule has 102 valence electrons. The van der Waals surface area contributed by atoms with Crippen LogP contribution in [0.1, 0.15) is 23.1 Å². The first-order valence-electron chi connectivity index (χ1n) is 6.41. The minimum absolute atomic E-state index is 0.280. The van der Waals surface area contributed by atoms with E-state index in [1.165, 1.54) is 0 Å². The van der Waals surface area contributed by atoms with Crippen molar-refractivity contribution in [3.63, 3.8) is 0 Å². The Labute approximate surface area is 112 Å². The lowest BCUT2D eigenvalue weighted by Gasteiger charge is -2.15. The van der Waals surface area contributed by atoms with Crippen LogP contribution in [0.5, 0.6) is 0 Å². The first-order chi connectivity index (χ1) is 9.02. The van der Waals surface area contributed by atoms with Crippen LogP contribution >= 0.6 is 0 Å². The number of carbonyl (C=O) groups is 1. The Morgan fingerprint density at radius 2 is 2.21 bits per heavy atom. The average Bonchev–Trinajstić information content (AvgIpc) is 2.70. The van der Waals surface area contributed by atoms with Crippen LogP contribution in [0.25, 0.3) is 11.0 Å². The molecule has 0 radical (unpaired) electrons. The summed E-state index contributed by atoms with van der Waals surface area (Å²) in [6, 6.07) is 5.10. The van der Waals surface area contributed by atoms with E-state index in [9.17, 15) is 4.79 Å². The summed E-state index contributed by atoms with van der Waals surface area (Å²) < 4.78 is 2.13. The number of hydrogen-bond acceptors (Lipinski definition) is 3. The standard InChI is InChI=1S/C14H19N3O2/c1-4-16(3)7-8-17-10(2)15-12-9-11(14(18)19)5-6-13(12)17/h5-6,9H,4,7-8H2,1-3H3,(H,18,19). The lowest BCUT2D eigenvalue weighted by atomic mass is 10.2. The van der Waals surface area contributed by atoms with Gasteiger partial charge in [-0.3, -0.25) is 0 Å². The number of nitrogens with zero attached hydrogens (tertiary/aromatic N) is 3. The van der Waals surface area contributed by atoms with Crippen molar-refractivity contribution in [3.05, 3.63) is 29.6 Å². The van der Waals surface area contributed by atoms with Crippen LogP contribution in [0.2, 0.25) is 0 Å². The molecule has 1 heterocycles. The Kier molecular flexibility index (Phi) is 3.85. The molecule has 0 saturated heterocycles. The van der Waals surface area contributed by atoms with E-state index in [0.717, 1.165) is 36.5 Å². The molecule has 0 aliphatic carbocycles. The summed E-state index contributed by atoms with van der Waals surface area (Å²) in [6.07, 6.45) is 0. The molecule has 0 amide bonds. The summed E-state index contributed by atoms with van der Waals surface area (Å²) in [5.74, 6) is 0.00172. The average molecular weight is 261 g/mol. The minimum atomic E-state index is -0.917. The predicted molar refractivity (Wildman–Crippen MR) is 74.6 cm³/mol. The van der Waals surface area contributed by atoms with Gasteiger partial charge in [-0.05, 0) is 38.7 Å².